The molecule has 1 aromatic rings. The molecule has 0 aliphatic carbocycles. The summed E-state index contributed by atoms with van der Waals surface area (Å²) in [5.74, 6) is 0.600. The topological polar surface area (TPSA) is 38.0 Å². The second-order valence-electron chi connectivity index (χ2n) is 3.95. The summed E-state index contributed by atoms with van der Waals surface area (Å²) in [5.41, 5.74) is 8.76. The number of hydrogen-bond donors (Lipinski definition) is 2. The lowest BCUT2D eigenvalue weighted by atomic mass is 9.87. The smallest absolute Gasteiger partial charge is 0.0351 e. The third-order valence-corrected chi connectivity index (χ3v) is 3.41. The van der Waals surface area contributed by atoms with Crippen molar-refractivity contribution in [1.82, 2.24) is 5.32 Å². The number of rotatable bonds is 2. The van der Waals surface area contributed by atoms with Crippen LogP contribution in [-0.2, 0) is 0 Å². The fourth-order valence-corrected chi connectivity index (χ4v) is 2.17. The molecule has 2 nitrogen and oxygen atoms in total. The van der Waals surface area contributed by atoms with Gasteiger partial charge in [0.2, 0.25) is 0 Å². The number of aryl methyl sites for hydroxylation is 1. The van der Waals surface area contributed by atoms with E-state index in [9.17, 15) is 0 Å². The first-order valence-corrected chi connectivity index (χ1v) is 5.70. The molecule has 1 aliphatic heterocycles. The molecule has 1 aromatic carbocycles. The second kappa shape index (κ2) is 4.01. The van der Waals surface area contributed by atoms with E-state index in [1.54, 1.807) is 0 Å². The lowest BCUT2D eigenvalue weighted by Crippen LogP contribution is -2.47. The molecule has 1 atom stereocenters. The number of nitrogens with two attached hydrogens (primary N) is 1. The van der Waals surface area contributed by atoms with E-state index in [4.69, 9.17) is 5.73 Å². The maximum Gasteiger partial charge on any atom is 0.0351 e. The first-order chi connectivity index (χ1) is 6.68. The number of nitrogens with one attached hydrogen (secondary N) is 1. The molecule has 3 N–H and O–H groups in total. The van der Waals surface area contributed by atoms with Gasteiger partial charge in [0.15, 0.2) is 0 Å². The van der Waals surface area contributed by atoms with Gasteiger partial charge in [-0.15, -0.1) is 0 Å². The van der Waals surface area contributed by atoms with E-state index in [1.165, 1.54) is 11.1 Å². The third kappa shape index (κ3) is 1.85. The van der Waals surface area contributed by atoms with Crippen LogP contribution in [0.25, 0.3) is 0 Å². The normalized spacial score (nSPS) is 19.1. The zero-order valence-electron chi connectivity index (χ0n) is 8.26. The van der Waals surface area contributed by atoms with Gasteiger partial charge in [-0.25, -0.2) is 0 Å². The fourth-order valence-electron chi connectivity index (χ4n) is 1.79. The average Bonchev–Trinajstić information content (AvgIpc) is 2.06. The molecule has 1 unspecified atom stereocenters. The molecule has 0 amide bonds. The Hall–Kier alpha value is -0.380. The molecule has 76 valence electrons. The summed E-state index contributed by atoms with van der Waals surface area (Å²) in [6.45, 7) is 4.22. The van der Waals surface area contributed by atoms with Gasteiger partial charge in [-0.05, 0) is 30.2 Å². The first-order valence-electron chi connectivity index (χ1n) is 4.91. The predicted octanol–water partition coefficient (Wildman–Crippen LogP) is 1.98. The zero-order valence-corrected chi connectivity index (χ0v) is 9.84. The Bertz CT molecular complexity index is 334. The third-order valence-electron chi connectivity index (χ3n) is 2.92. The SMILES string of the molecule is Cc1ccc(Br)cc1C(N)C1CNC1. The number of halogens is 1. The summed E-state index contributed by atoms with van der Waals surface area (Å²) in [5, 5.41) is 3.25. The van der Waals surface area contributed by atoms with Crippen LogP contribution >= 0.6 is 15.9 Å². The standard InChI is InChI=1S/C11H15BrN2/c1-7-2-3-9(12)4-10(7)11(13)8-5-14-6-8/h2-4,8,11,14H,5-6,13H2,1H3. The average molecular weight is 255 g/mol. The van der Waals surface area contributed by atoms with Gasteiger partial charge in [-0.3, -0.25) is 0 Å². The van der Waals surface area contributed by atoms with Crippen molar-refractivity contribution < 1.29 is 0 Å². The van der Waals surface area contributed by atoms with E-state index in [0.29, 0.717) is 5.92 Å². The summed E-state index contributed by atoms with van der Waals surface area (Å²) in [4.78, 5) is 0. The summed E-state index contributed by atoms with van der Waals surface area (Å²) < 4.78 is 1.11. The van der Waals surface area contributed by atoms with Crippen molar-refractivity contribution in [1.29, 1.82) is 0 Å². The Morgan fingerprint density at radius 1 is 1.50 bits per heavy atom. The summed E-state index contributed by atoms with van der Waals surface area (Å²) in [6.07, 6.45) is 0. The summed E-state index contributed by atoms with van der Waals surface area (Å²) in [7, 11) is 0. The minimum atomic E-state index is 0.175. The maximum absolute atomic E-state index is 6.21. The molecule has 0 radical (unpaired) electrons. The van der Waals surface area contributed by atoms with E-state index in [1.807, 2.05) is 0 Å². The minimum absolute atomic E-state index is 0.175. The Labute approximate surface area is 93.0 Å². The van der Waals surface area contributed by atoms with Crippen LogP contribution in [0.5, 0.6) is 0 Å². The van der Waals surface area contributed by atoms with Crippen LogP contribution < -0.4 is 11.1 Å². The minimum Gasteiger partial charge on any atom is -0.324 e. The van der Waals surface area contributed by atoms with Gasteiger partial charge >= 0.3 is 0 Å². The van der Waals surface area contributed by atoms with Crippen LogP contribution in [0.15, 0.2) is 22.7 Å². The molecule has 0 aromatic heterocycles. The van der Waals surface area contributed by atoms with Gasteiger partial charge in [0, 0.05) is 29.5 Å². The summed E-state index contributed by atoms with van der Waals surface area (Å²) >= 11 is 3.48. The molecule has 3 heteroatoms. The van der Waals surface area contributed by atoms with E-state index in [0.717, 1.165) is 17.6 Å². The number of hydrogen-bond acceptors (Lipinski definition) is 2. The van der Waals surface area contributed by atoms with Gasteiger partial charge in [0.1, 0.15) is 0 Å². The zero-order chi connectivity index (χ0) is 10.1. The molecule has 2 rings (SSSR count). The Kier molecular flexibility index (Phi) is 2.91. The van der Waals surface area contributed by atoms with Gasteiger partial charge in [-0.2, -0.15) is 0 Å². The molecule has 0 saturated carbocycles. The van der Waals surface area contributed by atoms with Crippen LogP contribution in [0.2, 0.25) is 0 Å². The monoisotopic (exact) mass is 254 g/mol. The lowest BCUT2D eigenvalue weighted by Gasteiger charge is -2.33. The molecule has 1 fully saturated rings. The van der Waals surface area contributed by atoms with Crippen molar-refractivity contribution in [3.05, 3.63) is 33.8 Å². The highest BCUT2D eigenvalue weighted by Gasteiger charge is 2.26. The highest BCUT2D eigenvalue weighted by Crippen LogP contribution is 2.27. The summed E-state index contributed by atoms with van der Waals surface area (Å²) in [6, 6.07) is 6.49. The van der Waals surface area contributed by atoms with E-state index >= 15 is 0 Å². The molecule has 14 heavy (non-hydrogen) atoms. The van der Waals surface area contributed by atoms with Crippen LogP contribution in [0.4, 0.5) is 0 Å². The first kappa shape index (κ1) is 10.1. The molecule has 1 aliphatic rings. The van der Waals surface area contributed by atoms with Crippen molar-refractivity contribution in [3.8, 4) is 0 Å². The van der Waals surface area contributed by atoms with E-state index < -0.39 is 0 Å². The van der Waals surface area contributed by atoms with Crippen molar-refractivity contribution in [2.75, 3.05) is 13.1 Å². The molecular formula is C11H15BrN2. The van der Waals surface area contributed by atoms with Gasteiger partial charge in [0.05, 0.1) is 0 Å². The van der Waals surface area contributed by atoms with Crippen LogP contribution in [-0.4, -0.2) is 13.1 Å². The van der Waals surface area contributed by atoms with E-state index in [2.05, 4.69) is 46.4 Å². The largest absolute Gasteiger partial charge is 0.324 e. The maximum atomic E-state index is 6.21. The molecule has 0 bridgehead atoms. The van der Waals surface area contributed by atoms with Crippen molar-refractivity contribution in [2.24, 2.45) is 11.7 Å². The van der Waals surface area contributed by atoms with Crippen molar-refractivity contribution in [2.45, 2.75) is 13.0 Å². The van der Waals surface area contributed by atoms with E-state index in [-0.39, 0.29) is 6.04 Å². The molecule has 0 spiro atoms. The van der Waals surface area contributed by atoms with Gasteiger partial charge < -0.3 is 11.1 Å². The lowest BCUT2D eigenvalue weighted by molar-refractivity contribution is 0.294. The van der Waals surface area contributed by atoms with Crippen LogP contribution in [0, 0.1) is 12.8 Å². The predicted molar refractivity (Wildman–Crippen MR) is 62.2 cm³/mol. The fraction of sp³-hybridized carbons (Fsp3) is 0.455. The Morgan fingerprint density at radius 3 is 2.79 bits per heavy atom. The van der Waals surface area contributed by atoms with Crippen molar-refractivity contribution >= 4 is 15.9 Å². The number of benzene rings is 1. The quantitative estimate of drug-likeness (QED) is 0.848. The molecule has 1 saturated heterocycles. The highest BCUT2D eigenvalue weighted by atomic mass is 79.9. The van der Waals surface area contributed by atoms with Gasteiger partial charge in [0.25, 0.3) is 0 Å². The van der Waals surface area contributed by atoms with Crippen LogP contribution in [0.1, 0.15) is 17.2 Å². The Morgan fingerprint density at radius 2 is 2.21 bits per heavy atom. The highest BCUT2D eigenvalue weighted by molar-refractivity contribution is 9.10. The second-order valence-corrected chi connectivity index (χ2v) is 4.86. The molecule has 1 heterocycles. The Balaban J connectivity index is 2.24. The molecular weight excluding hydrogens is 240 g/mol. The van der Waals surface area contributed by atoms with Crippen LogP contribution in [0.3, 0.4) is 0 Å². The van der Waals surface area contributed by atoms with Gasteiger partial charge in [-0.1, -0.05) is 22.0 Å². The van der Waals surface area contributed by atoms with Crippen molar-refractivity contribution in [3.63, 3.8) is 0 Å².